The third-order valence-electron chi connectivity index (χ3n) is 2.51. The number of nitrogens with one attached hydrogen (secondary N) is 1. The minimum atomic E-state index is -0.186. The molecule has 0 saturated heterocycles. The Kier molecular flexibility index (Phi) is 6.04. The largest absolute Gasteiger partial charge is 0.384 e. The topological polar surface area (TPSA) is 62.2 Å². The molecular formula is C15H20N2O2. The lowest BCUT2D eigenvalue weighted by Gasteiger charge is -2.15. The summed E-state index contributed by atoms with van der Waals surface area (Å²) in [7, 11) is 0. The summed E-state index contributed by atoms with van der Waals surface area (Å²) in [6.45, 7) is 6.04. The normalized spacial score (nSPS) is 11.6. The van der Waals surface area contributed by atoms with Crippen molar-refractivity contribution in [3.8, 4) is 11.8 Å². The van der Waals surface area contributed by atoms with Crippen molar-refractivity contribution in [3.05, 3.63) is 29.6 Å². The molecule has 0 saturated carbocycles. The highest BCUT2D eigenvalue weighted by molar-refractivity contribution is 5.92. The van der Waals surface area contributed by atoms with Gasteiger partial charge in [0, 0.05) is 17.8 Å². The number of aliphatic hydroxyl groups is 1. The lowest BCUT2D eigenvalue weighted by atomic mass is 10.1. The number of aliphatic hydroxyl groups excluding tert-OH is 1. The highest BCUT2D eigenvalue weighted by atomic mass is 16.2. The van der Waals surface area contributed by atoms with E-state index in [4.69, 9.17) is 5.11 Å². The summed E-state index contributed by atoms with van der Waals surface area (Å²) in [6, 6.07) is 3.49. The van der Waals surface area contributed by atoms with E-state index in [2.05, 4.69) is 36.0 Å². The monoisotopic (exact) mass is 260 g/mol. The standard InChI is InChI=1S/C15H20N2O2/c1-11(2)9-12(3)17-15(19)14-7-6-13(10-16-14)5-4-8-18/h6-7,10-12,18H,8-9H2,1-3H3,(H,17,19). The number of carbonyl (C=O) groups excluding carboxylic acids is 1. The molecule has 1 aromatic heterocycles. The average Bonchev–Trinajstić information content (AvgIpc) is 2.35. The molecule has 1 rings (SSSR count). The van der Waals surface area contributed by atoms with Crippen molar-refractivity contribution in [1.29, 1.82) is 0 Å². The summed E-state index contributed by atoms with van der Waals surface area (Å²) in [5, 5.41) is 11.5. The number of aromatic nitrogens is 1. The van der Waals surface area contributed by atoms with Gasteiger partial charge in [-0.3, -0.25) is 4.79 Å². The number of amides is 1. The molecule has 0 aromatic carbocycles. The quantitative estimate of drug-likeness (QED) is 0.808. The summed E-state index contributed by atoms with van der Waals surface area (Å²) in [5.41, 5.74) is 1.06. The van der Waals surface area contributed by atoms with Gasteiger partial charge in [0.05, 0.1) is 0 Å². The second-order valence-corrected chi connectivity index (χ2v) is 4.90. The van der Waals surface area contributed by atoms with Crippen LogP contribution in [-0.4, -0.2) is 28.6 Å². The molecule has 0 aliphatic rings. The summed E-state index contributed by atoms with van der Waals surface area (Å²) in [5.74, 6) is 5.63. The van der Waals surface area contributed by atoms with Crippen molar-refractivity contribution >= 4 is 5.91 Å². The van der Waals surface area contributed by atoms with Crippen LogP contribution in [0, 0.1) is 17.8 Å². The fourth-order valence-corrected chi connectivity index (χ4v) is 1.81. The molecule has 19 heavy (non-hydrogen) atoms. The van der Waals surface area contributed by atoms with Gasteiger partial charge in [-0.25, -0.2) is 4.98 Å². The molecule has 0 fully saturated rings. The lowest BCUT2D eigenvalue weighted by Crippen LogP contribution is -2.33. The Morgan fingerprint density at radius 1 is 1.42 bits per heavy atom. The van der Waals surface area contributed by atoms with Gasteiger partial charge in [0.2, 0.25) is 0 Å². The second-order valence-electron chi connectivity index (χ2n) is 4.90. The van der Waals surface area contributed by atoms with E-state index in [1.165, 1.54) is 6.20 Å². The Morgan fingerprint density at radius 3 is 2.68 bits per heavy atom. The van der Waals surface area contributed by atoms with Gasteiger partial charge in [-0.05, 0) is 31.4 Å². The van der Waals surface area contributed by atoms with Gasteiger partial charge >= 0.3 is 0 Å². The van der Waals surface area contributed by atoms with Crippen LogP contribution in [0.5, 0.6) is 0 Å². The molecule has 0 aliphatic heterocycles. The predicted octanol–water partition coefficient (Wildman–Crippen LogP) is 1.59. The van der Waals surface area contributed by atoms with Crippen molar-refractivity contribution in [1.82, 2.24) is 10.3 Å². The summed E-state index contributed by atoms with van der Waals surface area (Å²) in [6.07, 6.45) is 2.47. The van der Waals surface area contributed by atoms with Crippen LogP contribution in [0.4, 0.5) is 0 Å². The fourth-order valence-electron chi connectivity index (χ4n) is 1.81. The number of hydrogen-bond acceptors (Lipinski definition) is 3. The second kappa shape index (κ2) is 7.55. The van der Waals surface area contributed by atoms with E-state index >= 15 is 0 Å². The third-order valence-corrected chi connectivity index (χ3v) is 2.51. The maximum atomic E-state index is 11.9. The maximum Gasteiger partial charge on any atom is 0.270 e. The van der Waals surface area contributed by atoms with Gasteiger partial charge in [0.15, 0.2) is 0 Å². The maximum absolute atomic E-state index is 11.9. The van der Waals surface area contributed by atoms with Gasteiger partial charge in [-0.15, -0.1) is 0 Å². The number of carbonyl (C=O) groups is 1. The summed E-state index contributed by atoms with van der Waals surface area (Å²) >= 11 is 0. The van der Waals surface area contributed by atoms with Gasteiger partial charge in [0.25, 0.3) is 5.91 Å². The van der Waals surface area contributed by atoms with E-state index in [1.54, 1.807) is 12.1 Å². The molecular weight excluding hydrogens is 240 g/mol. The van der Waals surface area contributed by atoms with Crippen molar-refractivity contribution in [3.63, 3.8) is 0 Å². The molecule has 0 radical (unpaired) electrons. The van der Waals surface area contributed by atoms with Crippen molar-refractivity contribution in [2.45, 2.75) is 33.2 Å². The van der Waals surface area contributed by atoms with E-state index in [0.29, 0.717) is 17.2 Å². The number of rotatable bonds is 4. The molecule has 1 aromatic rings. The Morgan fingerprint density at radius 2 is 2.16 bits per heavy atom. The van der Waals surface area contributed by atoms with Gasteiger partial charge in [-0.1, -0.05) is 25.7 Å². The summed E-state index contributed by atoms with van der Waals surface area (Å²) < 4.78 is 0. The highest BCUT2D eigenvalue weighted by Crippen LogP contribution is 2.05. The van der Waals surface area contributed by atoms with Crippen molar-refractivity contribution in [2.75, 3.05) is 6.61 Å². The first-order chi connectivity index (χ1) is 9.02. The smallest absolute Gasteiger partial charge is 0.270 e. The predicted molar refractivity (Wildman–Crippen MR) is 74.6 cm³/mol. The van der Waals surface area contributed by atoms with Crippen molar-refractivity contribution in [2.24, 2.45) is 5.92 Å². The molecule has 0 spiro atoms. The fraction of sp³-hybridized carbons (Fsp3) is 0.467. The Labute approximate surface area is 114 Å². The van der Waals surface area contributed by atoms with Gasteiger partial charge < -0.3 is 10.4 Å². The average molecular weight is 260 g/mol. The molecule has 2 N–H and O–H groups in total. The number of nitrogens with zero attached hydrogens (tertiary/aromatic N) is 1. The van der Waals surface area contributed by atoms with Crippen LogP contribution in [0.1, 0.15) is 43.2 Å². The van der Waals surface area contributed by atoms with Crippen LogP contribution >= 0.6 is 0 Å². The zero-order chi connectivity index (χ0) is 14.3. The zero-order valence-electron chi connectivity index (χ0n) is 11.6. The van der Waals surface area contributed by atoms with E-state index in [9.17, 15) is 4.79 Å². The molecule has 102 valence electrons. The van der Waals surface area contributed by atoms with Crippen molar-refractivity contribution < 1.29 is 9.90 Å². The molecule has 1 unspecified atom stereocenters. The first-order valence-electron chi connectivity index (χ1n) is 6.39. The number of pyridine rings is 1. The van der Waals surface area contributed by atoms with Crippen LogP contribution in [-0.2, 0) is 0 Å². The molecule has 0 bridgehead atoms. The van der Waals surface area contributed by atoms with Gasteiger partial charge in [0.1, 0.15) is 12.3 Å². The summed E-state index contributed by atoms with van der Waals surface area (Å²) in [4.78, 5) is 16.0. The third kappa shape index (κ3) is 5.54. The van der Waals surface area contributed by atoms with E-state index in [1.807, 2.05) is 6.92 Å². The molecule has 4 heteroatoms. The Bertz CT molecular complexity index is 469. The Hall–Kier alpha value is -1.86. The minimum absolute atomic E-state index is 0.128. The van der Waals surface area contributed by atoms with Crippen LogP contribution < -0.4 is 5.32 Å². The molecule has 1 heterocycles. The van der Waals surface area contributed by atoms with Crippen LogP contribution in [0.25, 0.3) is 0 Å². The van der Waals surface area contributed by atoms with E-state index in [-0.39, 0.29) is 18.6 Å². The zero-order valence-corrected chi connectivity index (χ0v) is 11.6. The first kappa shape index (κ1) is 15.2. The molecule has 0 aliphatic carbocycles. The number of hydrogen-bond donors (Lipinski definition) is 2. The molecule has 4 nitrogen and oxygen atoms in total. The molecule has 1 amide bonds. The SMILES string of the molecule is CC(C)CC(C)NC(=O)c1ccc(C#CCO)cn1. The highest BCUT2D eigenvalue weighted by Gasteiger charge is 2.11. The van der Waals surface area contributed by atoms with E-state index < -0.39 is 0 Å². The van der Waals surface area contributed by atoms with E-state index in [0.717, 1.165) is 6.42 Å². The van der Waals surface area contributed by atoms with Crippen LogP contribution in [0.15, 0.2) is 18.3 Å². The molecule has 1 atom stereocenters. The Balaban J connectivity index is 2.62. The van der Waals surface area contributed by atoms with Gasteiger partial charge in [-0.2, -0.15) is 0 Å². The lowest BCUT2D eigenvalue weighted by molar-refractivity contribution is 0.0931. The first-order valence-corrected chi connectivity index (χ1v) is 6.39. The van der Waals surface area contributed by atoms with Crippen LogP contribution in [0.3, 0.4) is 0 Å². The van der Waals surface area contributed by atoms with Crippen LogP contribution in [0.2, 0.25) is 0 Å². The minimum Gasteiger partial charge on any atom is -0.384 e.